The molecule has 5 nitrogen and oxygen atoms in total. The van der Waals surface area contributed by atoms with Gasteiger partial charge in [-0.25, -0.2) is 0 Å². The molecule has 0 spiro atoms. The van der Waals surface area contributed by atoms with E-state index in [2.05, 4.69) is 26.6 Å². The smallest absolute Gasteiger partial charge is 0.123 e. The van der Waals surface area contributed by atoms with E-state index < -0.39 is 0 Å². The highest BCUT2D eigenvalue weighted by atomic mass is 32.1. The van der Waals surface area contributed by atoms with Crippen molar-refractivity contribution in [1.82, 2.24) is 19.7 Å². The SMILES string of the molecule is c1cc(NCc2cncs2)cc(-n2cnnc2)c1. The fraction of sp³-hybridized carbons (Fsp3) is 0.0833. The topological polar surface area (TPSA) is 55.6 Å². The van der Waals surface area contributed by atoms with Gasteiger partial charge in [0.2, 0.25) is 0 Å². The van der Waals surface area contributed by atoms with Crippen molar-refractivity contribution in [3.05, 3.63) is 53.5 Å². The van der Waals surface area contributed by atoms with Crippen LogP contribution in [-0.2, 0) is 6.54 Å². The molecule has 0 saturated carbocycles. The molecule has 0 unspecified atom stereocenters. The van der Waals surface area contributed by atoms with Gasteiger partial charge in [0.25, 0.3) is 0 Å². The second-order valence-electron chi connectivity index (χ2n) is 3.74. The molecule has 18 heavy (non-hydrogen) atoms. The lowest BCUT2D eigenvalue weighted by Crippen LogP contribution is -1.98. The molecular weight excluding hydrogens is 246 g/mol. The molecule has 3 aromatic rings. The average Bonchev–Trinajstić information content (AvgIpc) is 3.10. The number of hydrogen-bond acceptors (Lipinski definition) is 5. The van der Waals surface area contributed by atoms with Crippen molar-refractivity contribution in [2.24, 2.45) is 0 Å². The van der Waals surface area contributed by atoms with Crippen molar-refractivity contribution in [3.8, 4) is 5.69 Å². The lowest BCUT2D eigenvalue weighted by molar-refractivity contribution is 1.05. The van der Waals surface area contributed by atoms with Crippen LogP contribution in [0, 0.1) is 0 Å². The Bertz CT molecular complexity index is 603. The third kappa shape index (κ3) is 2.38. The minimum Gasteiger partial charge on any atom is -0.380 e. The van der Waals surface area contributed by atoms with Crippen LogP contribution in [0.2, 0.25) is 0 Å². The molecule has 6 heteroatoms. The first-order valence-corrected chi connectivity index (χ1v) is 6.36. The Morgan fingerprint density at radius 2 is 2.11 bits per heavy atom. The van der Waals surface area contributed by atoms with Gasteiger partial charge in [0.1, 0.15) is 12.7 Å². The summed E-state index contributed by atoms with van der Waals surface area (Å²) in [5, 5.41) is 11.0. The molecule has 0 aliphatic heterocycles. The van der Waals surface area contributed by atoms with Gasteiger partial charge < -0.3 is 5.32 Å². The fourth-order valence-corrected chi connectivity index (χ4v) is 2.16. The van der Waals surface area contributed by atoms with Crippen LogP contribution in [0.15, 0.2) is 48.6 Å². The van der Waals surface area contributed by atoms with Crippen LogP contribution in [0.25, 0.3) is 5.69 Å². The van der Waals surface area contributed by atoms with Crippen molar-refractivity contribution in [2.75, 3.05) is 5.32 Å². The summed E-state index contributed by atoms with van der Waals surface area (Å²) in [6.07, 6.45) is 5.24. The minimum atomic E-state index is 0.788. The van der Waals surface area contributed by atoms with Crippen LogP contribution in [-0.4, -0.2) is 19.7 Å². The molecule has 0 radical (unpaired) electrons. The van der Waals surface area contributed by atoms with Gasteiger partial charge in [-0.3, -0.25) is 9.55 Å². The van der Waals surface area contributed by atoms with Gasteiger partial charge in [-0.15, -0.1) is 21.5 Å². The number of aromatic nitrogens is 4. The Kier molecular flexibility index (Phi) is 3.01. The Hall–Kier alpha value is -2.21. The van der Waals surface area contributed by atoms with Gasteiger partial charge in [-0.05, 0) is 18.2 Å². The monoisotopic (exact) mass is 257 g/mol. The second-order valence-corrected chi connectivity index (χ2v) is 4.71. The second kappa shape index (κ2) is 4.97. The largest absolute Gasteiger partial charge is 0.380 e. The first-order chi connectivity index (χ1) is 8.92. The van der Waals surface area contributed by atoms with Gasteiger partial charge in [0.15, 0.2) is 0 Å². The van der Waals surface area contributed by atoms with Crippen LogP contribution < -0.4 is 5.32 Å². The maximum atomic E-state index is 4.05. The van der Waals surface area contributed by atoms with Gasteiger partial charge in [-0.2, -0.15) is 0 Å². The molecule has 90 valence electrons. The molecule has 0 fully saturated rings. The van der Waals surface area contributed by atoms with Crippen molar-refractivity contribution in [3.63, 3.8) is 0 Å². The first-order valence-electron chi connectivity index (χ1n) is 5.48. The van der Waals surface area contributed by atoms with Crippen molar-refractivity contribution in [1.29, 1.82) is 0 Å². The Morgan fingerprint density at radius 1 is 1.22 bits per heavy atom. The highest BCUT2D eigenvalue weighted by Gasteiger charge is 1.99. The number of nitrogens with one attached hydrogen (secondary N) is 1. The molecule has 0 aliphatic carbocycles. The molecule has 2 heterocycles. The quantitative estimate of drug-likeness (QED) is 0.779. The summed E-state index contributed by atoms with van der Waals surface area (Å²) in [5.41, 5.74) is 3.94. The van der Waals surface area contributed by atoms with E-state index in [1.165, 1.54) is 4.88 Å². The number of rotatable bonds is 4. The van der Waals surface area contributed by atoms with E-state index >= 15 is 0 Å². The molecule has 0 bridgehead atoms. The summed E-state index contributed by atoms with van der Waals surface area (Å²) in [6, 6.07) is 8.12. The van der Waals surface area contributed by atoms with Gasteiger partial charge in [0, 0.05) is 16.8 Å². The molecule has 1 N–H and O–H groups in total. The van der Waals surface area contributed by atoms with Crippen LogP contribution in [0.4, 0.5) is 5.69 Å². The van der Waals surface area contributed by atoms with E-state index in [9.17, 15) is 0 Å². The molecule has 0 atom stereocenters. The Morgan fingerprint density at radius 3 is 2.89 bits per heavy atom. The zero-order chi connectivity index (χ0) is 12.2. The Labute approximate surface area is 108 Å². The molecule has 0 amide bonds. The fourth-order valence-electron chi connectivity index (χ4n) is 1.63. The van der Waals surface area contributed by atoms with Crippen LogP contribution >= 0.6 is 11.3 Å². The molecular formula is C12H11N5S. The molecule has 0 aliphatic rings. The number of nitrogens with zero attached hydrogens (tertiary/aromatic N) is 4. The van der Waals surface area contributed by atoms with E-state index in [1.807, 2.05) is 34.5 Å². The lowest BCUT2D eigenvalue weighted by atomic mass is 10.2. The zero-order valence-electron chi connectivity index (χ0n) is 9.52. The third-order valence-corrected chi connectivity index (χ3v) is 3.29. The number of thiazole rings is 1. The summed E-state index contributed by atoms with van der Waals surface area (Å²) in [5.74, 6) is 0. The van der Waals surface area contributed by atoms with Crippen LogP contribution in [0.5, 0.6) is 0 Å². The van der Waals surface area contributed by atoms with Crippen molar-refractivity contribution < 1.29 is 0 Å². The maximum Gasteiger partial charge on any atom is 0.123 e. The number of anilines is 1. The average molecular weight is 257 g/mol. The maximum absolute atomic E-state index is 4.05. The summed E-state index contributed by atoms with van der Waals surface area (Å²) < 4.78 is 1.87. The zero-order valence-corrected chi connectivity index (χ0v) is 10.3. The van der Waals surface area contributed by atoms with E-state index in [-0.39, 0.29) is 0 Å². The summed E-state index contributed by atoms with van der Waals surface area (Å²) in [7, 11) is 0. The van der Waals surface area contributed by atoms with Crippen molar-refractivity contribution in [2.45, 2.75) is 6.54 Å². The number of benzene rings is 1. The van der Waals surface area contributed by atoms with Gasteiger partial charge >= 0.3 is 0 Å². The summed E-state index contributed by atoms with van der Waals surface area (Å²) in [6.45, 7) is 0.788. The number of hydrogen-bond donors (Lipinski definition) is 1. The van der Waals surface area contributed by atoms with Crippen molar-refractivity contribution >= 4 is 17.0 Å². The van der Waals surface area contributed by atoms with E-state index in [4.69, 9.17) is 0 Å². The molecule has 1 aromatic carbocycles. The molecule has 3 rings (SSSR count). The van der Waals surface area contributed by atoms with E-state index in [0.29, 0.717) is 0 Å². The standard InChI is InChI=1S/C12H11N5S/c1-2-10(14-6-12-5-13-9-18-12)4-11(3-1)17-7-15-16-8-17/h1-5,7-9,14H,6H2. The summed E-state index contributed by atoms with van der Waals surface area (Å²) >= 11 is 1.65. The summed E-state index contributed by atoms with van der Waals surface area (Å²) in [4.78, 5) is 5.26. The van der Waals surface area contributed by atoms with Gasteiger partial charge in [0.05, 0.1) is 17.7 Å². The minimum absolute atomic E-state index is 0.788. The Balaban J connectivity index is 1.75. The van der Waals surface area contributed by atoms with Gasteiger partial charge in [-0.1, -0.05) is 6.07 Å². The first kappa shape index (κ1) is 10.9. The molecule has 2 aromatic heterocycles. The van der Waals surface area contributed by atoms with Crippen LogP contribution in [0.3, 0.4) is 0 Å². The molecule has 0 saturated heterocycles. The predicted molar refractivity (Wildman–Crippen MR) is 70.8 cm³/mol. The third-order valence-electron chi connectivity index (χ3n) is 2.51. The van der Waals surface area contributed by atoms with E-state index in [1.54, 1.807) is 24.0 Å². The highest BCUT2D eigenvalue weighted by Crippen LogP contribution is 2.15. The van der Waals surface area contributed by atoms with Crippen LogP contribution in [0.1, 0.15) is 4.88 Å². The predicted octanol–water partition coefficient (Wildman–Crippen LogP) is 2.34. The van der Waals surface area contributed by atoms with E-state index in [0.717, 1.165) is 17.9 Å². The normalized spacial score (nSPS) is 10.4. The lowest BCUT2D eigenvalue weighted by Gasteiger charge is -2.07. The highest BCUT2D eigenvalue weighted by molar-refractivity contribution is 7.09.